The fourth-order valence-corrected chi connectivity index (χ4v) is 3.14. The van der Waals surface area contributed by atoms with Crippen LogP contribution in [0, 0.1) is 0 Å². The van der Waals surface area contributed by atoms with Gasteiger partial charge in [0, 0.05) is 24.9 Å². The maximum absolute atomic E-state index is 12.4. The summed E-state index contributed by atoms with van der Waals surface area (Å²) in [5, 5.41) is 6.94. The summed E-state index contributed by atoms with van der Waals surface area (Å²) in [4.78, 5) is 28.4. The van der Waals surface area contributed by atoms with E-state index in [1.165, 1.54) is 6.33 Å². The third-order valence-corrected chi connectivity index (χ3v) is 4.77. The van der Waals surface area contributed by atoms with Gasteiger partial charge < -0.3 is 14.8 Å². The number of benzene rings is 2. The van der Waals surface area contributed by atoms with Gasteiger partial charge in [0.1, 0.15) is 25.9 Å². The van der Waals surface area contributed by atoms with Gasteiger partial charge in [0.15, 0.2) is 17.3 Å². The van der Waals surface area contributed by atoms with Crippen LogP contribution in [0.4, 0.5) is 0 Å². The lowest BCUT2D eigenvalue weighted by atomic mass is 10.1. The average Bonchev–Trinajstić information content (AvgIpc) is 3.29. The second kappa shape index (κ2) is 9.21. The van der Waals surface area contributed by atoms with Crippen LogP contribution in [0.15, 0.2) is 55.1 Å². The van der Waals surface area contributed by atoms with E-state index < -0.39 is 0 Å². The zero-order valence-electron chi connectivity index (χ0n) is 16.4. The lowest BCUT2D eigenvalue weighted by Crippen LogP contribution is -2.23. The lowest BCUT2D eigenvalue weighted by Gasteiger charge is -2.18. The maximum Gasteiger partial charge on any atom is 0.220 e. The van der Waals surface area contributed by atoms with Crippen LogP contribution in [-0.4, -0.2) is 39.7 Å². The van der Waals surface area contributed by atoms with Crippen LogP contribution >= 0.6 is 0 Å². The van der Waals surface area contributed by atoms with Crippen LogP contribution in [0.5, 0.6) is 11.5 Å². The molecule has 0 unspecified atom stereocenters. The van der Waals surface area contributed by atoms with Crippen LogP contribution in [-0.2, 0) is 17.9 Å². The van der Waals surface area contributed by atoms with Gasteiger partial charge in [-0.15, -0.1) is 0 Å². The topological polar surface area (TPSA) is 95.3 Å². The number of Topliss-reactive ketones (excluding diaryl/α,β-unsaturated/α-hetero) is 1. The van der Waals surface area contributed by atoms with E-state index in [1.807, 2.05) is 24.3 Å². The van der Waals surface area contributed by atoms with Gasteiger partial charge in [-0.05, 0) is 29.3 Å². The van der Waals surface area contributed by atoms with Crippen LogP contribution in [0.25, 0.3) is 0 Å². The van der Waals surface area contributed by atoms with E-state index in [1.54, 1.807) is 29.2 Å². The summed E-state index contributed by atoms with van der Waals surface area (Å²) in [7, 11) is 0. The van der Waals surface area contributed by atoms with Gasteiger partial charge in [-0.2, -0.15) is 5.10 Å². The number of ether oxygens (including phenoxy) is 2. The molecule has 8 heteroatoms. The number of carbonyl (C=O) groups is 2. The van der Waals surface area contributed by atoms with Crippen molar-refractivity contribution in [2.75, 3.05) is 13.2 Å². The third kappa shape index (κ3) is 5.02. The molecular formula is C22H22N4O4. The van der Waals surface area contributed by atoms with Crippen LogP contribution in [0.3, 0.4) is 0 Å². The van der Waals surface area contributed by atoms with E-state index in [0.717, 1.165) is 11.1 Å². The molecule has 1 aliphatic heterocycles. The molecule has 154 valence electrons. The molecule has 8 nitrogen and oxygen atoms in total. The number of ketones is 1. The number of nitrogens with zero attached hydrogens (tertiary/aromatic N) is 3. The SMILES string of the molecule is O=C(CCC(=O)c1ccc2c(c1)OCCO2)NCc1ccc(Cn2cncn2)cc1. The quantitative estimate of drug-likeness (QED) is 0.577. The van der Waals surface area contributed by atoms with Crippen molar-refractivity contribution in [1.29, 1.82) is 0 Å². The zero-order valence-corrected chi connectivity index (χ0v) is 16.4. The smallest absolute Gasteiger partial charge is 0.220 e. The van der Waals surface area contributed by atoms with Crippen molar-refractivity contribution in [2.45, 2.75) is 25.9 Å². The summed E-state index contributed by atoms with van der Waals surface area (Å²) in [5.74, 6) is 0.957. The fourth-order valence-electron chi connectivity index (χ4n) is 3.14. The van der Waals surface area contributed by atoms with Crippen molar-refractivity contribution in [3.8, 4) is 11.5 Å². The van der Waals surface area contributed by atoms with Crippen molar-refractivity contribution in [2.24, 2.45) is 0 Å². The highest BCUT2D eigenvalue weighted by atomic mass is 16.6. The molecule has 3 aromatic rings. The molecule has 2 heterocycles. The Labute approximate surface area is 173 Å². The van der Waals surface area contributed by atoms with Gasteiger partial charge in [0.05, 0.1) is 6.54 Å². The standard InChI is InChI=1S/C22H22N4O4/c27-19(18-5-7-20-21(11-18)30-10-9-29-20)6-8-22(28)24-12-16-1-3-17(4-2-16)13-26-15-23-14-25-26/h1-5,7,11,14-15H,6,8-10,12-13H2,(H,24,28). The predicted molar refractivity (Wildman–Crippen MR) is 108 cm³/mol. The normalized spacial score (nSPS) is 12.4. The number of nitrogens with one attached hydrogen (secondary N) is 1. The molecule has 1 amide bonds. The Morgan fingerprint density at radius 1 is 0.967 bits per heavy atom. The number of carbonyl (C=O) groups excluding carboxylic acids is 2. The summed E-state index contributed by atoms with van der Waals surface area (Å²) in [6.07, 6.45) is 3.45. The molecule has 0 atom stereocenters. The van der Waals surface area contributed by atoms with E-state index in [-0.39, 0.29) is 24.5 Å². The molecule has 1 aliphatic rings. The molecule has 0 saturated heterocycles. The number of aromatic nitrogens is 3. The molecule has 0 spiro atoms. The first kappa shape index (κ1) is 19.6. The monoisotopic (exact) mass is 406 g/mol. The minimum absolute atomic E-state index is 0.0976. The highest BCUT2D eigenvalue weighted by Crippen LogP contribution is 2.31. The van der Waals surface area contributed by atoms with Gasteiger partial charge in [-0.3, -0.25) is 9.59 Å². The van der Waals surface area contributed by atoms with Gasteiger partial charge in [0.2, 0.25) is 5.91 Å². The van der Waals surface area contributed by atoms with Gasteiger partial charge >= 0.3 is 0 Å². The molecule has 1 N–H and O–H groups in total. The Hall–Kier alpha value is -3.68. The summed E-state index contributed by atoms with van der Waals surface area (Å²) >= 11 is 0. The Bertz CT molecular complexity index is 1020. The molecule has 0 saturated carbocycles. The Morgan fingerprint density at radius 3 is 2.50 bits per heavy atom. The summed E-state index contributed by atoms with van der Waals surface area (Å²) < 4.78 is 12.7. The van der Waals surface area contributed by atoms with Crippen molar-refractivity contribution in [3.63, 3.8) is 0 Å². The second-order valence-electron chi connectivity index (χ2n) is 6.97. The molecule has 4 rings (SSSR count). The van der Waals surface area contributed by atoms with Gasteiger partial charge in [-0.25, -0.2) is 9.67 Å². The summed E-state index contributed by atoms with van der Waals surface area (Å²) in [6, 6.07) is 13.0. The first-order valence-electron chi connectivity index (χ1n) is 9.77. The van der Waals surface area contributed by atoms with Crippen molar-refractivity contribution >= 4 is 11.7 Å². The molecule has 0 fully saturated rings. The number of hydrogen-bond acceptors (Lipinski definition) is 6. The second-order valence-corrected chi connectivity index (χ2v) is 6.97. The van der Waals surface area contributed by atoms with E-state index in [0.29, 0.717) is 43.4 Å². The molecule has 0 radical (unpaired) electrons. The fraction of sp³-hybridized carbons (Fsp3) is 0.273. The highest BCUT2D eigenvalue weighted by Gasteiger charge is 2.15. The number of rotatable bonds is 8. The molecule has 1 aromatic heterocycles. The number of amides is 1. The molecule has 0 bridgehead atoms. The average molecular weight is 406 g/mol. The Kier molecular flexibility index (Phi) is 6.03. The van der Waals surface area contributed by atoms with Crippen LogP contribution in [0.2, 0.25) is 0 Å². The first-order chi connectivity index (χ1) is 14.7. The zero-order chi connectivity index (χ0) is 20.8. The van der Waals surface area contributed by atoms with Crippen LogP contribution in [0.1, 0.15) is 34.3 Å². The Morgan fingerprint density at radius 2 is 1.73 bits per heavy atom. The third-order valence-electron chi connectivity index (χ3n) is 4.77. The predicted octanol–water partition coefficient (Wildman–Crippen LogP) is 2.38. The molecule has 0 aliphatic carbocycles. The van der Waals surface area contributed by atoms with Crippen molar-refractivity contribution in [3.05, 3.63) is 71.8 Å². The lowest BCUT2D eigenvalue weighted by molar-refractivity contribution is -0.121. The highest BCUT2D eigenvalue weighted by molar-refractivity contribution is 5.98. The largest absolute Gasteiger partial charge is 0.486 e. The summed E-state index contributed by atoms with van der Waals surface area (Å²) in [5.41, 5.74) is 2.61. The van der Waals surface area contributed by atoms with Crippen LogP contribution < -0.4 is 14.8 Å². The summed E-state index contributed by atoms with van der Waals surface area (Å²) in [6.45, 7) is 2.04. The number of hydrogen-bond donors (Lipinski definition) is 1. The maximum atomic E-state index is 12.4. The van der Waals surface area contributed by atoms with E-state index in [4.69, 9.17) is 9.47 Å². The molecule has 2 aromatic carbocycles. The van der Waals surface area contributed by atoms with E-state index >= 15 is 0 Å². The molecular weight excluding hydrogens is 384 g/mol. The Balaban J connectivity index is 1.22. The van der Waals surface area contributed by atoms with E-state index in [9.17, 15) is 9.59 Å². The van der Waals surface area contributed by atoms with Crippen molar-refractivity contribution in [1.82, 2.24) is 20.1 Å². The van der Waals surface area contributed by atoms with Gasteiger partial charge in [-0.1, -0.05) is 24.3 Å². The van der Waals surface area contributed by atoms with Crippen molar-refractivity contribution < 1.29 is 19.1 Å². The molecule has 30 heavy (non-hydrogen) atoms. The minimum atomic E-state index is -0.160. The first-order valence-corrected chi connectivity index (χ1v) is 9.77. The van der Waals surface area contributed by atoms with Gasteiger partial charge in [0.25, 0.3) is 0 Å². The van der Waals surface area contributed by atoms with E-state index in [2.05, 4.69) is 15.4 Å². The number of fused-ring (bicyclic) bond motifs is 1. The minimum Gasteiger partial charge on any atom is -0.486 e.